The highest BCUT2D eigenvalue weighted by Gasteiger charge is 2.52. The number of hydrogen-bond donors (Lipinski definition) is 0. The van der Waals surface area contributed by atoms with Gasteiger partial charge in [0, 0.05) is 0 Å². The summed E-state index contributed by atoms with van der Waals surface area (Å²) in [4.78, 5) is 12.0. The van der Waals surface area contributed by atoms with Crippen LogP contribution < -0.4 is 37.1 Å². The number of carbonyl (C=O) groups excluding carboxylic acids is 1. The molecule has 4 aromatic rings. The normalized spacial score (nSPS) is 11.8. The van der Waals surface area contributed by atoms with E-state index in [2.05, 4.69) is 0 Å². The summed E-state index contributed by atoms with van der Waals surface area (Å²) in [6, 6.07) is 31.1. The number of halogens is 4. The summed E-state index contributed by atoms with van der Waals surface area (Å²) in [5.41, 5.74) is -4.46. The van der Waals surface area contributed by atoms with Crippen LogP contribution in [0.25, 0.3) is 0 Å². The number of methoxy groups -OCH3 is 1. The second-order valence-corrected chi connectivity index (χ2v) is 13.3. The molecule has 0 saturated heterocycles. The lowest BCUT2D eigenvalue weighted by molar-refractivity contribution is -0.0499. The predicted octanol–water partition coefficient (Wildman–Crippen LogP) is 2.20. The molecule has 0 amide bonds. The lowest BCUT2D eigenvalue weighted by atomic mass is 10.1. The van der Waals surface area contributed by atoms with E-state index in [4.69, 9.17) is 8.92 Å². The third-order valence-corrected chi connectivity index (χ3v) is 11.3. The second-order valence-electron chi connectivity index (χ2n) is 8.28. The van der Waals surface area contributed by atoms with Gasteiger partial charge in [0.05, 0.1) is 18.8 Å². The lowest BCUT2D eigenvalue weighted by Gasteiger charge is -2.29. The van der Waals surface area contributed by atoms with Crippen molar-refractivity contribution in [2.75, 3.05) is 7.11 Å². The van der Waals surface area contributed by atoms with Gasteiger partial charge in [0.1, 0.15) is 23.2 Å². The minimum atomic E-state index is -5.92. The maximum atomic E-state index is 13.3. The summed E-state index contributed by atoms with van der Waals surface area (Å²) >= 11 is 0. The third kappa shape index (κ3) is 6.35. The molecule has 204 valence electrons. The van der Waals surface area contributed by atoms with Crippen molar-refractivity contribution in [1.29, 1.82) is 0 Å². The summed E-state index contributed by atoms with van der Waals surface area (Å²) in [5, 5.41) is 1.95. The predicted molar refractivity (Wildman–Crippen MR) is 142 cm³/mol. The zero-order valence-corrected chi connectivity index (χ0v) is 23.8. The topological polar surface area (TPSA) is 69.7 Å². The molecule has 5 nitrogen and oxygen atoms in total. The van der Waals surface area contributed by atoms with Gasteiger partial charge in [0.25, 0.3) is 0 Å². The van der Waals surface area contributed by atoms with Crippen molar-refractivity contribution in [1.82, 2.24) is 0 Å². The van der Waals surface area contributed by atoms with Gasteiger partial charge in [-0.25, -0.2) is 4.79 Å². The van der Waals surface area contributed by atoms with Crippen LogP contribution in [0.5, 0.6) is 5.75 Å². The molecular formula is C28H23BrF3O5PS. The van der Waals surface area contributed by atoms with Crippen molar-refractivity contribution in [3.05, 3.63) is 120 Å². The van der Waals surface area contributed by atoms with Gasteiger partial charge >= 0.3 is 21.6 Å². The summed E-state index contributed by atoms with van der Waals surface area (Å²) in [5.74, 6) is -0.892. The van der Waals surface area contributed by atoms with Gasteiger partial charge < -0.3 is 25.9 Å². The fourth-order valence-electron chi connectivity index (χ4n) is 4.21. The van der Waals surface area contributed by atoms with Gasteiger partial charge in [-0.15, -0.1) is 0 Å². The van der Waals surface area contributed by atoms with Crippen LogP contribution >= 0.6 is 7.26 Å². The van der Waals surface area contributed by atoms with Crippen molar-refractivity contribution in [3.8, 4) is 5.75 Å². The van der Waals surface area contributed by atoms with E-state index in [0.29, 0.717) is 17.0 Å². The van der Waals surface area contributed by atoms with E-state index in [1.54, 1.807) is 36.4 Å². The highest BCUT2D eigenvalue weighted by molar-refractivity contribution is 7.95. The molecule has 0 aliphatic heterocycles. The Morgan fingerprint density at radius 3 is 1.74 bits per heavy atom. The van der Waals surface area contributed by atoms with Crippen molar-refractivity contribution >= 4 is 39.3 Å². The van der Waals surface area contributed by atoms with E-state index in [1.807, 2.05) is 60.7 Å². The number of benzene rings is 4. The van der Waals surface area contributed by atoms with Gasteiger partial charge in [-0.2, -0.15) is 21.6 Å². The summed E-state index contributed by atoms with van der Waals surface area (Å²) in [7, 11) is -7.51. The standard InChI is InChI=1S/C28H23F3O5PS.BrH/c1-35-27(32)22-18-16-21(17-19-22)20-37(23-10-4-2-5-11-23,24-12-6-3-7-13-24)26-15-9-8-14-25(26)36-38(33,34)28(29,30)31;/h2-19H,20H2,1H3;1H/q+1;/p-1. The van der Waals surface area contributed by atoms with Crippen LogP contribution in [-0.2, 0) is 21.0 Å². The average Bonchev–Trinajstić information content (AvgIpc) is 2.92. The molecule has 11 heteroatoms. The molecule has 0 aliphatic carbocycles. The van der Waals surface area contributed by atoms with E-state index >= 15 is 0 Å². The Bertz CT molecular complexity index is 1480. The van der Waals surface area contributed by atoms with Crippen LogP contribution in [0, 0.1) is 0 Å². The van der Waals surface area contributed by atoms with Crippen molar-refractivity contribution in [2.24, 2.45) is 0 Å². The van der Waals surface area contributed by atoms with Crippen LogP contribution in [0.4, 0.5) is 13.2 Å². The molecule has 0 heterocycles. The molecule has 0 radical (unpaired) electrons. The van der Waals surface area contributed by atoms with Gasteiger partial charge in [0.15, 0.2) is 5.75 Å². The Balaban J connectivity index is 0.00000420. The van der Waals surface area contributed by atoms with Crippen LogP contribution in [0.2, 0.25) is 0 Å². The van der Waals surface area contributed by atoms with E-state index in [9.17, 15) is 26.4 Å². The van der Waals surface area contributed by atoms with Crippen LogP contribution in [0.15, 0.2) is 109 Å². The zero-order chi connectivity index (χ0) is 27.4. The summed E-state index contributed by atoms with van der Waals surface area (Å²) in [6.07, 6.45) is 0.314. The highest BCUT2D eigenvalue weighted by atomic mass is 79.9. The molecule has 0 unspecified atom stereocenters. The Labute approximate surface area is 235 Å². The minimum Gasteiger partial charge on any atom is -1.00 e. The zero-order valence-electron chi connectivity index (χ0n) is 20.5. The third-order valence-electron chi connectivity index (χ3n) is 5.95. The van der Waals surface area contributed by atoms with E-state index < -0.39 is 34.6 Å². The average molecular weight is 639 g/mol. The summed E-state index contributed by atoms with van der Waals surface area (Å²) in [6.45, 7) is 0. The molecule has 4 aromatic carbocycles. The molecular weight excluding hydrogens is 616 g/mol. The fraction of sp³-hybridized carbons (Fsp3) is 0.107. The van der Waals surface area contributed by atoms with Crippen LogP contribution in [-0.4, -0.2) is 27.0 Å². The number of rotatable bonds is 8. The Hall–Kier alpha value is -3.20. The van der Waals surface area contributed by atoms with Crippen molar-refractivity contribution in [3.63, 3.8) is 0 Å². The first-order valence-electron chi connectivity index (χ1n) is 11.4. The molecule has 0 bridgehead atoms. The van der Waals surface area contributed by atoms with E-state index in [-0.39, 0.29) is 17.0 Å². The van der Waals surface area contributed by atoms with Crippen molar-refractivity contribution in [2.45, 2.75) is 11.7 Å². The molecule has 0 atom stereocenters. The van der Waals surface area contributed by atoms with E-state index in [0.717, 1.165) is 16.2 Å². The number of hydrogen-bond acceptors (Lipinski definition) is 5. The molecule has 39 heavy (non-hydrogen) atoms. The second kappa shape index (κ2) is 12.3. The number of esters is 1. The first-order chi connectivity index (χ1) is 18.1. The SMILES string of the molecule is COC(=O)c1ccc(C[P+](c2ccccc2)(c2ccccc2)c2ccccc2OS(=O)(=O)C(F)(F)F)cc1.[Br-]. The lowest BCUT2D eigenvalue weighted by Crippen LogP contribution is -3.00. The first kappa shape index (κ1) is 30.3. The highest BCUT2D eigenvalue weighted by Crippen LogP contribution is 2.60. The maximum absolute atomic E-state index is 13.3. The number of alkyl halides is 3. The van der Waals surface area contributed by atoms with Gasteiger partial charge in [-0.3, -0.25) is 0 Å². The molecule has 0 N–H and O–H groups in total. The van der Waals surface area contributed by atoms with Crippen LogP contribution in [0.3, 0.4) is 0 Å². The maximum Gasteiger partial charge on any atom is 0.534 e. The smallest absolute Gasteiger partial charge is 0.534 e. The number of carbonyl (C=O) groups is 1. The fourth-order valence-corrected chi connectivity index (χ4v) is 9.09. The van der Waals surface area contributed by atoms with Gasteiger partial charge in [0.2, 0.25) is 0 Å². The molecule has 0 aliphatic rings. The Morgan fingerprint density at radius 2 is 1.26 bits per heavy atom. The molecule has 0 fully saturated rings. The molecule has 0 spiro atoms. The summed E-state index contributed by atoms with van der Waals surface area (Å²) < 4.78 is 73.7. The molecule has 4 rings (SSSR count). The number of para-hydroxylation sites is 1. The van der Waals surface area contributed by atoms with Gasteiger partial charge in [-0.1, -0.05) is 60.7 Å². The number of ether oxygens (including phenoxy) is 1. The van der Waals surface area contributed by atoms with Gasteiger partial charge in [-0.05, 0) is 54.1 Å². The monoisotopic (exact) mass is 638 g/mol. The van der Waals surface area contributed by atoms with Crippen molar-refractivity contribution < 1.29 is 52.3 Å². The minimum absolute atomic E-state index is 0. The Morgan fingerprint density at radius 1 is 0.769 bits per heavy atom. The Kier molecular flexibility index (Phi) is 9.59. The quantitative estimate of drug-likeness (QED) is 0.128. The largest absolute Gasteiger partial charge is 1.00 e. The molecule has 0 saturated carbocycles. The van der Waals surface area contributed by atoms with E-state index in [1.165, 1.54) is 19.2 Å². The molecule has 0 aromatic heterocycles. The van der Waals surface area contributed by atoms with Crippen LogP contribution in [0.1, 0.15) is 15.9 Å². The first-order valence-corrected chi connectivity index (χ1v) is 14.7.